The minimum atomic E-state index is 0.0914. The number of rotatable bonds is 1. The van der Waals surface area contributed by atoms with Crippen LogP contribution in [0, 0.1) is 35.5 Å². The van der Waals surface area contributed by atoms with Crippen molar-refractivity contribution in [3.63, 3.8) is 0 Å². The monoisotopic (exact) mass is 132 g/mol. The lowest BCUT2D eigenvalue weighted by molar-refractivity contribution is 0.305. The van der Waals surface area contributed by atoms with E-state index in [-0.39, 0.29) is 6.61 Å². The molecular weight excluding hydrogens is 124 g/mol. The largest absolute Gasteiger partial charge is 0.395 e. The van der Waals surface area contributed by atoms with Gasteiger partial charge in [0.25, 0.3) is 0 Å². The summed E-state index contributed by atoms with van der Waals surface area (Å²) < 4.78 is 0. The molecule has 1 nitrogen and oxygen atoms in total. The first-order valence-electron chi connectivity index (χ1n) is 2.92. The Bertz CT molecular complexity index is 244. The van der Waals surface area contributed by atoms with Gasteiger partial charge < -0.3 is 5.11 Å². The van der Waals surface area contributed by atoms with Gasteiger partial charge in [0.15, 0.2) is 0 Å². The highest BCUT2D eigenvalue weighted by atomic mass is 16.2. The molecule has 0 saturated heterocycles. The third kappa shape index (κ3) is 6.64. The fourth-order valence-electron chi connectivity index (χ4n) is 0.288. The van der Waals surface area contributed by atoms with E-state index in [4.69, 9.17) is 5.11 Å². The Balaban J connectivity index is 3.63. The highest BCUT2D eigenvalue weighted by Crippen LogP contribution is 1.67. The van der Waals surface area contributed by atoms with Crippen LogP contribution < -0.4 is 0 Å². The molecule has 50 valence electrons. The number of aliphatic hydroxyl groups excluding tert-OH is 1. The zero-order chi connectivity index (χ0) is 7.66. The van der Waals surface area contributed by atoms with Gasteiger partial charge in [0, 0.05) is 6.42 Å². The SMILES string of the molecule is CC#CC#CC#CCCO. The summed E-state index contributed by atoms with van der Waals surface area (Å²) in [5, 5.41) is 8.29. The van der Waals surface area contributed by atoms with Gasteiger partial charge in [0.2, 0.25) is 0 Å². The van der Waals surface area contributed by atoms with E-state index in [1.165, 1.54) is 0 Å². The fourth-order valence-corrected chi connectivity index (χ4v) is 0.288. The Morgan fingerprint density at radius 3 is 2.40 bits per heavy atom. The first-order chi connectivity index (χ1) is 4.91. The molecule has 0 bridgehead atoms. The topological polar surface area (TPSA) is 20.2 Å². The van der Waals surface area contributed by atoms with Crippen LogP contribution in [-0.4, -0.2) is 11.7 Å². The van der Waals surface area contributed by atoms with Gasteiger partial charge in [-0.2, -0.15) is 0 Å². The molecule has 1 N–H and O–H groups in total. The summed E-state index contributed by atoms with van der Waals surface area (Å²) in [6, 6.07) is 0. The minimum absolute atomic E-state index is 0.0914. The van der Waals surface area contributed by atoms with E-state index in [1.54, 1.807) is 6.92 Å². The Kier molecular flexibility index (Phi) is 6.60. The Morgan fingerprint density at radius 1 is 1.10 bits per heavy atom. The van der Waals surface area contributed by atoms with Crippen LogP contribution in [0.2, 0.25) is 0 Å². The van der Waals surface area contributed by atoms with Crippen LogP contribution in [-0.2, 0) is 0 Å². The summed E-state index contributed by atoms with van der Waals surface area (Å²) in [6.07, 6.45) is 0.480. The van der Waals surface area contributed by atoms with Gasteiger partial charge in [0.1, 0.15) is 0 Å². The van der Waals surface area contributed by atoms with Crippen LogP contribution in [0.25, 0.3) is 0 Å². The van der Waals surface area contributed by atoms with Crippen molar-refractivity contribution in [1.82, 2.24) is 0 Å². The lowest BCUT2D eigenvalue weighted by atomic mass is 10.4. The maximum absolute atomic E-state index is 8.29. The van der Waals surface area contributed by atoms with Crippen LogP contribution in [0.5, 0.6) is 0 Å². The third-order valence-electron chi connectivity index (χ3n) is 0.638. The van der Waals surface area contributed by atoms with Crippen molar-refractivity contribution in [2.45, 2.75) is 13.3 Å². The number of hydrogen-bond acceptors (Lipinski definition) is 1. The van der Waals surface area contributed by atoms with Crippen molar-refractivity contribution in [2.75, 3.05) is 6.61 Å². The predicted octanol–water partition coefficient (Wildman–Crippen LogP) is 0.399. The van der Waals surface area contributed by atoms with Crippen molar-refractivity contribution in [3.8, 4) is 35.5 Å². The molecule has 0 aromatic heterocycles. The number of hydrogen-bond donors (Lipinski definition) is 1. The lowest BCUT2D eigenvalue weighted by Crippen LogP contribution is -1.74. The molecule has 0 aliphatic carbocycles. The molecule has 10 heavy (non-hydrogen) atoms. The summed E-state index contributed by atoms with van der Waals surface area (Å²) in [5.41, 5.74) is 0. The minimum Gasteiger partial charge on any atom is -0.395 e. The molecule has 0 aliphatic heterocycles. The molecule has 0 radical (unpaired) electrons. The lowest BCUT2D eigenvalue weighted by Gasteiger charge is -1.72. The van der Waals surface area contributed by atoms with E-state index >= 15 is 0 Å². The van der Waals surface area contributed by atoms with E-state index in [0.717, 1.165) is 0 Å². The average molecular weight is 132 g/mol. The zero-order valence-corrected chi connectivity index (χ0v) is 5.86. The Morgan fingerprint density at radius 2 is 1.80 bits per heavy atom. The van der Waals surface area contributed by atoms with Crippen molar-refractivity contribution >= 4 is 0 Å². The zero-order valence-electron chi connectivity index (χ0n) is 5.86. The highest BCUT2D eigenvalue weighted by molar-refractivity contribution is 5.35. The van der Waals surface area contributed by atoms with Crippen molar-refractivity contribution in [2.24, 2.45) is 0 Å². The summed E-state index contributed by atoms with van der Waals surface area (Å²) in [4.78, 5) is 0. The van der Waals surface area contributed by atoms with Crippen LogP contribution in [0.15, 0.2) is 0 Å². The van der Waals surface area contributed by atoms with Gasteiger partial charge in [-0.3, -0.25) is 0 Å². The van der Waals surface area contributed by atoms with E-state index in [0.29, 0.717) is 6.42 Å². The van der Waals surface area contributed by atoms with Gasteiger partial charge in [-0.1, -0.05) is 11.8 Å². The van der Waals surface area contributed by atoms with E-state index < -0.39 is 0 Å². The molecule has 1 heteroatoms. The second-order valence-corrected chi connectivity index (χ2v) is 1.40. The first-order valence-corrected chi connectivity index (χ1v) is 2.92. The molecule has 0 rings (SSSR count). The van der Waals surface area contributed by atoms with E-state index in [9.17, 15) is 0 Å². The predicted molar refractivity (Wildman–Crippen MR) is 40.7 cm³/mol. The molecule has 0 saturated carbocycles. The summed E-state index contributed by atoms with van der Waals surface area (Å²) >= 11 is 0. The Hall–Kier alpha value is -1.36. The van der Waals surface area contributed by atoms with Crippen LogP contribution in [0.1, 0.15) is 13.3 Å². The number of aliphatic hydroxyl groups is 1. The standard InChI is InChI=1S/C9H8O/c1-2-3-4-5-6-7-8-9-10/h10H,8-9H2,1H3. The second-order valence-electron chi connectivity index (χ2n) is 1.40. The normalized spacial score (nSPS) is 5.40. The second kappa shape index (κ2) is 7.64. The summed E-state index contributed by atoms with van der Waals surface area (Å²) in [6.45, 7) is 1.81. The molecule has 0 amide bonds. The van der Waals surface area contributed by atoms with Gasteiger partial charge in [-0.15, -0.1) is 0 Å². The molecule has 0 atom stereocenters. The van der Waals surface area contributed by atoms with Crippen molar-refractivity contribution in [1.29, 1.82) is 0 Å². The average Bonchev–Trinajstić information content (AvgIpc) is 1.97. The maximum Gasteiger partial charge on any atom is 0.0540 e. The fraction of sp³-hybridized carbons (Fsp3) is 0.333. The van der Waals surface area contributed by atoms with E-state index in [1.807, 2.05) is 0 Å². The van der Waals surface area contributed by atoms with Crippen LogP contribution >= 0.6 is 0 Å². The highest BCUT2D eigenvalue weighted by Gasteiger charge is 1.66. The molecule has 0 aliphatic rings. The van der Waals surface area contributed by atoms with Gasteiger partial charge in [0.05, 0.1) is 6.61 Å². The smallest absolute Gasteiger partial charge is 0.0540 e. The third-order valence-corrected chi connectivity index (χ3v) is 0.638. The molecule has 0 fully saturated rings. The molecule has 0 unspecified atom stereocenters. The Labute approximate surface area is 61.5 Å². The summed E-state index contributed by atoms with van der Waals surface area (Å²) in [7, 11) is 0. The molecule has 0 heterocycles. The molecule has 0 aromatic rings. The molecule has 0 aromatic carbocycles. The van der Waals surface area contributed by atoms with Crippen molar-refractivity contribution in [3.05, 3.63) is 0 Å². The first kappa shape index (κ1) is 8.64. The quantitative estimate of drug-likeness (QED) is 0.512. The summed E-state index contributed by atoms with van der Waals surface area (Å²) in [5.74, 6) is 15.4. The van der Waals surface area contributed by atoms with Crippen molar-refractivity contribution < 1.29 is 5.11 Å². The van der Waals surface area contributed by atoms with Gasteiger partial charge >= 0.3 is 0 Å². The maximum atomic E-state index is 8.29. The van der Waals surface area contributed by atoms with Crippen LogP contribution in [0.3, 0.4) is 0 Å². The molecular formula is C9H8O. The van der Waals surface area contributed by atoms with Crippen LogP contribution in [0.4, 0.5) is 0 Å². The van der Waals surface area contributed by atoms with Gasteiger partial charge in [-0.05, 0) is 30.6 Å². The van der Waals surface area contributed by atoms with Gasteiger partial charge in [-0.25, -0.2) is 0 Å². The molecule has 0 spiro atoms. The van der Waals surface area contributed by atoms with E-state index in [2.05, 4.69) is 35.5 Å².